The fraction of sp³-hybridized carbons (Fsp3) is 0.444. The van der Waals surface area contributed by atoms with Gasteiger partial charge in [0, 0.05) is 11.8 Å². The largest absolute Gasteiger partial charge is 0.464 e. The molecule has 0 unspecified atom stereocenters. The maximum Gasteiger partial charge on any atom is 0.326 e. The molecule has 0 N–H and O–H groups in total. The molecule has 2 aromatic carbocycles. The number of benzene rings is 2. The van der Waals surface area contributed by atoms with E-state index in [9.17, 15) is 14.4 Å². The fourth-order valence-corrected chi connectivity index (χ4v) is 5.96. The molecule has 0 saturated carbocycles. The number of nitrogens with zero attached hydrogens (tertiary/aromatic N) is 1. The highest BCUT2D eigenvalue weighted by molar-refractivity contribution is 6.09. The molecule has 1 heterocycles. The maximum atomic E-state index is 13.4. The number of amides is 2. The average molecular weight is 432 g/mol. The lowest BCUT2D eigenvalue weighted by atomic mass is 9.55. The van der Waals surface area contributed by atoms with Gasteiger partial charge in [-0.1, -0.05) is 81.1 Å². The SMILES string of the molecule is CCCCCCCOC(=O)CN1C(=O)[C@H]2C3c4ccccc4C(c4ccccc43)[C@@H]2C1=O. The van der Waals surface area contributed by atoms with Crippen molar-refractivity contribution in [3.05, 3.63) is 70.8 Å². The van der Waals surface area contributed by atoms with Crippen LogP contribution in [0.4, 0.5) is 0 Å². The van der Waals surface area contributed by atoms with Crippen molar-refractivity contribution in [2.75, 3.05) is 13.2 Å². The summed E-state index contributed by atoms with van der Waals surface area (Å²) in [6.07, 6.45) is 5.31. The van der Waals surface area contributed by atoms with E-state index < -0.39 is 17.8 Å². The van der Waals surface area contributed by atoms with Gasteiger partial charge in [0.25, 0.3) is 0 Å². The number of imide groups is 1. The normalized spacial score (nSPS) is 24.8. The van der Waals surface area contributed by atoms with Gasteiger partial charge >= 0.3 is 5.97 Å². The van der Waals surface area contributed by atoms with E-state index >= 15 is 0 Å². The molecule has 166 valence electrons. The van der Waals surface area contributed by atoms with Crippen molar-refractivity contribution in [2.24, 2.45) is 11.8 Å². The minimum absolute atomic E-state index is 0.145. The van der Waals surface area contributed by atoms with Crippen molar-refractivity contribution in [3.8, 4) is 0 Å². The standard InChI is InChI=1S/C27H29NO4/c1-2-3-4-5-10-15-32-21(29)16-28-26(30)24-22-17-11-6-7-12-18(17)23(25(24)27(28)31)20-14-9-8-13-19(20)22/h6-9,11-14,22-25H,2-5,10,15-16H2,1H3/t22?,23?,24-,25-/m0/s1. The highest BCUT2D eigenvalue weighted by Gasteiger charge is 2.61. The molecule has 5 nitrogen and oxygen atoms in total. The fourth-order valence-electron chi connectivity index (χ4n) is 5.96. The molecular formula is C27H29NO4. The van der Waals surface area contributed by atoms with Crippen LogP contribution in [-0.4, -0.2) is 35.8 Å². The lowest BCUT2D eigenvalue weighted by Crippen LogP contribution is -2.41. The molecule has 1 saturated heterocycles. The molecule has 2 amide bonds. The first kappa shape index (κ1) is 20.9. The predicted octanol–water partition coefficient (Wildman–Crippen LogP) is 4.39. The van der Waals surface area contributed by atoms with E-state index in [1.54, 1.807) is 0 Å². The highest BCUT2D eigenvalue weighted by atomic mass is 16.5. The molecule has 2 bridgehead atoms. The van der Waals surface area contributed by atoms with E-state index in [4.69, 9.17) is 4.74 Å². The molecule has 2 aromatic rings. The lowest BCUT2D eigenvalue weighted by molar-refractivity contribution is -0.153. The summed E-state index contributed by atoms with van der Waals surface area (Å²) in [5, 5.41) is 0. The molecule has 0 radical (unpaired) electrons. The van der Waals surface area contributed by atoms with Crippen molar-refractivity contribution in [3.63, 3.8) is 0 Å². The van der Waals surface area contributed by atoms with Crippen LogP contribution < -0.4 is 0 Å². The van der Waals surface area contributed by atoms with Gasteiger partial charge in [-0.15, -0.1) is 0 Å². The van der Waals surface area contributed by atoms with Gasteiger partial charge in [0.1, 0.15) is 6.54 Å². The first-order chi connectivity index (χ1) is 15.6. The van der Waals surface area contributed by atoms with Gasteiger partial charge in [0.15, 0.2) is 0 Å². The minimum atomic E-state index is -0.497. The second kappa shape index (κ2) is 8.53. The van der Waals surface area contributed by atoms with Gasteiger partial charge < -0.3 is 4.74 Å². The molecule has 6 rings (SSSR count). The third kappa shape index (κ3) is 3.26. The number of hydrogen-bond donors (Lipinski definition) is 0. The van der Waals surface area contributed by atoms with Crippen molar-refractivity contribution < 1.29 is 19.1 Å². The van der Waals surface area contributed by atoms with Crippen LogP contribution in [0.1, 0.15) is 73.1 Å². The van der Waals surface area contributed by atoms with Crippen LogP contribution in [0.5, 0.6) is 0 Å². The van der Waals surface area contributed by atoms with Gasteiger partial charge in [0.05, 0.1) is 18.4 Å². The first-order valence-corrected chi connectivity index (χ1v) is 11.8. The maximum absolute atomic E-state index is 13.4. The Hall–Kier alpha value is -2.95. The number of rotatable bonds is 8. The Morgan fingerprint density at radius 2 is 1.25 bits per heavy atom. The zero-order valence-electron chi connectivity index (χ0n) is 18.5. The smallest absolute Gasteiger partial charge is 0.326 e. The van der Waals surface area contributed by atoms with Crippen molar-refractivity contribution >= 4 is 17.8 Å². The zero-order chi connectivity index (χ0) is 22.2. The third-order valence-electron chi connectivity index (χ3n) is 7.34. The first-order valence-electron chi connectivity index (χ1n) is 11.8. The zero-order valence-corrected chi connectivity index (χ0v) is 18.5. The summed E-state index contributed by atoms with van der Waals surface area (Å²) in [7, 11) is 0. The van der Waals surface area contributed by atoms with Gasteiger partial charge in [-0.25, -0.2) is 0 Å². The summed E-state index contributed by atoms with van der Waals surface area (Å²) in [5.41, 5.74) is 4.54. The topological polar surface area (TPSA) is 63.7 Å². The van der Waals surface area contributed by atoms with E-state index in [2.05, 4.69) is 31.2 Å². The summed E-state index contributed by atoms with van der Waals surface area (Å²) in [4.78, 5) is 40.5. The number of carbonyl (C=O) groups excluding carboxylic acids is 3. The Balaban J connectivity index is 1.35. The number of ether oxygens (including phenoxy) is 1. The molecular weight excluding hydrogens is 402 g/mol. The third-order valence-corrected chi connectivity index (χ3v) is 7.34. The molecule has 3 aliphatic carbocycles. The number of unbranched alkanes of at least 4 members (excludes halogenated alkanes) is 4. The molecule has 2 atom stereocenters. The van der Waals surface area contributed by atoms with Gasteiger partial charge in [-0.05, 0) is 28.7 Å². The Morgan fingerprint density at radius 3 is 1.72 bits per heavy atom. The Bertz CT molecular complexity index is 946. The number of likely N-dealkylation sites (tertiary alicyclic amines) is 1. The van der Waals surface area contributed by atoms with Crippen molar-refractivity contribution in [2.45, 2.75) is 50.9 Å². The quantitative estimate of drug-likeness (QED) is 0.353. The Labute approximate surface area is 188 Å². The highest BCUT2D eigenvalue weighted by Crippen LogP contribution is 2.60. The van der Waals surface area contributed by atoms with E-state index in [-0.39, 0.29) is 30.2 Å². The second-order valence-corrected chi connectivity index (χ2v) is 9.16. The number of hydrogen-bond acceptors (Lipinski definition) is 4. The average Bonchev–Trinajstić information content (AvgIpc) is 3.07. The van der Waals surface area contributed by atoms with Crippen LogP contribution in [0.3, 0.4) is 0 Å². The lowest BCUT2D eigenvalue weighted by Gasteiger charge is -2.45. The molecule has 32 heavy (non-hydrogen) atoms. The summed E-state index contributed by atoms with van der Waals surface area (Å²) in [5.74, 6) is -2.15. The van der Waals surface area contributed by atoms with E-state index in [1.165, 1.54) is 6.42 Å². The van der Waals surface area contributed by atoms with E-state index in [0.717, 1.165) is 52.8 Å². The van der Waals surface area contributed by atoms with E-state index in [1.807, 2.05) is 24.3 Å². The minimum Gasteiger partial charge on any atom is -0.464 e. The summed E-state index contributed by atoms with van der Waals surface area (Å²) >= 11 is 0. The molecule has 1 fully saturated rings. The van der Waals surface area contributed by atoms with Crippen LogP contribution >= 0.6 is 0 Å². The Morgan fingerprint density at radius 1 is 0.781 bits per heavy atom. The summed E-state index contributed by atoms with van der Waals surface area (Å²) in [6.45, 7) is 2.21. The molecule has 0 spiro atoms. The summed E-state index contributed by atoms with van der Waals surface area (Å²) < 4.78 is 5.34. The number of carbonyl (C=O) groups is 3. The second-order valence-electron chi connectivity index (χ2n) is 9.16. The van der Waals surface area contributed by atoms with Crippen LogP contribution in [0.2, 0.25) is 0 Å². The number of esters is 1. The van der Waals surface area contributed by atoms with Crippen LogP contribution in [-0.2, 0) is 19.1 Å². The molecule has 1 aliphatic heterocycles. The van der Waals surface area contributed by atoms with Crippen molar-refractivity contribution in [1.82, 2.24) is 4.90 Å². The van der Waals surface area contributed by atoms with Crippen LogP contribution in [0.25, 0.3) is 0 Å². The van der Waals surface area contributed by atoms with E-state index in [0.29, 0.717) is 6.61 Å². The molecule has 4 aliphatic rings. The monoisotopic (exact) mass is 431 g/mol. The van der Waals surface area contributed by atoms with Crippen molar-refractivity contribution in [1.29, 1.82) is 0 Å². The van der Waals surface area contributed by atoms with Gasteiger partial charge in [0.2, 0.25) is 11.8 Å². The predicted molar refractivity (Wildman–Crippen MR) is 120 cm³/mol. The van der Waals surface area contributed by atoms with Gasteiger partial charge in [-0.3, -0.25) is 19.3 Å². The molecule has 0 aromatic heterocycles. The van der Waals surface area contributed by atoms with Crippen LogP contribution in [0, 0.1) is 11.8 Å². The van der Waals surface area contributed by atoms with Crippen LogP contribution in [0.15, 0.2) is 48.5 Å². The van der Waals surface area contributed by atoms with Gasteiger partial charge in [-0.2, -0.15) is 0 Å². The molecule has 5 heteroatoms. The Kier molecular flexibility index (Phi) is 5.58. The summed E-state index contributed by atoms with van der Waals surface area (Å²) in [6, 6.07) is 16.3.